The lowest BCUT2D eigenvalue weighted by atomic mass is 9.94. The summed E-state index contributed by atoms with van der Waals surface area (Å²) in [6.45, 7) is 6.26. The molecule has 0 radical (unpaired) electrons. The van der Waals surface area contributed by atoms with E-state index in [0.29, 0.717) is 12.1 Å². The summed E-state index contributed by atoms with van der Waals surface area (Å²) < 4.78 is 7.00. The van der Waals surface area contributed by atoms with Crippen molar-refractivity contribution in [2.24, 2.45) is 0 Å². The fourth-order valence-electron chi connectivity index (χ4n) is 3.94. The number of hydrogen-bond donors (Lipinski definition) is 1. The van der Waals surface area contributed by atoms with E-state index in [-0.39, 0.29) is 17.4 Å². The van der Waals surface area contributed by atoms with E-state index in [1.54, 1.807) is 17.7 Å². The normalized spacial score (nSPS) is 16.4. The number of pyridine rings is 1. The van der Waals surface area contributed by atoms with Gasteiger partial charge in [-0.2, -0.15) is 0 Å². The number of aromatic nitrogens is 1. The molecule has 1 N–H and O–H groups in total. The molecule has 0 unspecified atom stereocenters. The van der Waals surface area contributed by atoms with Crippen LogP contribution in [0.2, 0.25) is 0 Å². The Balaban J connectivity index is 2.16. The monoisotopic (exact) mass is 356 g/mol. The minimum Gasteiger partial charge on any atom is -0.507 e. The van der Waals surface area contributed by atoms with Crippen molar-refractivity contribution in [1.29, 1.82) is 0 Å². The number of piperidine rings is 1. The predicted molar refractivity (Wildman–Crippen MR) is 103 cm³/mol. The van der Waals surface area contributed by atoms with Crippen LogP contribution in [0.1, 0.15) is 49.0 Å². The van der Waals surface area contributed by atoms with E-state index < -0.39 is 0 Å². The summed E-state index contributed by atoms with van der Waals surface area (Å²) >= 11 is 0. The number of aromatic hydroxyl groups is 1. The lowest BCUT2D eigenvalue weighted by Crippen LogP contribution is -2.38. The summed E-state index contributed by atoms with van der Waals surface area (Å²) in [5.74, 6) is 0.869. The first kappa shape index (κ1) is 18.5. The Kier molecular flexibility index (Phi) is 5.67. The molecule has 0 spiro atoms. The van der Waals surface area contributed by atoms with Crippen LogP contribution in [0.15, 0.2) is 35.1 Å². The van der Waals surface area contributed by atoms with Crippen molar-refractivity contribution in [3.05, 3.63) is 57.5 Å². The summed E-state index contributed by atoms with van der Waals surface area (Å²) in [5, 5.41) is 10.7. The van der Waals surface area contributed by atoms with Crippen LogP contribution in [-0.4, -0.2) is 34.8 Å². The average molecular weight is 356 g/mol. The second-order valence-corrected chi connectivity index (χ2v) is 6.91. The van der Waals surface area contributed by atoms with Crippen LogP contribution in [0.3, 0.4) is 0 Å². The van der Waals surface area contributed by atoms with Gasteiger partial charge in [0.25, 0.3) is 5.56 Å². The molecule has 1 aliphatic rings. The molecule has 0 saturated carbocycles. The van der Waals surface area contributed by atoms with E-state index in [4.69, 9.17) is 4.74 Å². The summed E-state index contributed by atoms with van der Waals surface area (Å²) in [6.07, 6.45) is 3.44. The fourth-order valence-corrected chi connectivity index (χ4v) is 3.94. The molecule has 5 nitrogen and oxygen atoms in total. The molecule has 1 aromatic heterocycles. The zero-order valence-corrected chi connectivity index (χ0v) is 15.9. The van der Waals surface area contributed by atoms with Crippen LogP contribution in [0, 0.1) is 6.92 Å². The third-order valence-corrected chi connectivity index (χ3v) is 5.30. The summed E-state index contributed by atoms with van der Waals surface area (Å²) in [4.78, 5) is 15.5. The van der Waals surface area contributed by atoms with Crippen molar-refractivity contribution in [3.8, 4) is 11.5 Å². The largest absolute Gasteiger partial charge is 0.507 e. The molecule has 5 heteroatoms. The number of aryl methyl sites for hydroxylation is 1. The molecule has 0 amide bonds. The summed E-state index contributed by atoms with van der Waals surface area (Å²) in [6, 6.07) is 9.28. The SMILES string of the molecule is CCn1c(C)cc(O)c([C@H](c2ccc(OC)cc2)N2CCCCC2)c1=O. The first-order valence-corrected chi connectivity index (χ1v) is 9.38. The number of nitrogens with zero attached hydrogens (tertiary/aromatic N) is 2. The molecule has 1 fully saturated rings. The molecule has 0 aliphatic carbocycles. The Bertz CT molecular complexity index is 805. The molecule has 0 bridgehead atoms. The average Bonchev–Trinajstić information content (AvgIpc) is 2.66. The standard InChI is InChI=1S/C21H28N2O3/c1-4-23-15(2)14-18(24)19(21(23)25)20(22-12-6-5-7-13-22)16-8-10-17(26-3)11-9-16/h8-11,14,20,24H,4-7,12-13H2,1-3H3/t20-/m0/s1. The Morgan fingerprint density at radius 3 is 2.38 bits per heavy atom. The maximum atomic E-state index is 13.2. The first-order valence-electron chi connectivity index (χ1n) is 9.38. The van der Waals surface area contributed by atoms with Crippen molar-refractivity contribution in [2.75, 3.05) is 20.2 Å². The van der Waals surface area contributed by atoms with Crippen LogP contribution >= 0.6 is 0 Å². The van der Waals surface area contributed by atoms with E-state index in [0.717, 1.165) is 42.9 Å². The zero-order chi connectivity index (χ0) is 18.7. The molecule has 1 aliphatic heterocycles. The Hall–Kier alpha value is -2.27. The molecular weight excluding hydrogens is 328 g/mol. The van der Waals surface area contributed by atoms with E-state index in [1.165, 1.54) is 6.42 Å². The quantitative estimate of drug-likeness (QED) is 0.891. The number of benzene rings is 1. The van der Waals surface area contributed by atoms with Crippen LogP contribution < -0.4 is 10.3 Å². The number of likely N-dealkylation sites (tertiary alicyclic amines) is 1. The highest BCUT2D eigenvalue weighted by Gasteiger charge is 2.29. The van der Waals surface area contributed by atoms with Gasteiger partial charge in [-0.25, -0.2) is 0 Å². The molecule has 1 saturated heterocycles. The van der Waals surface area contributed by atoms with Gasteiger partial charge in [0, 0.05) is 12.2 Å². The van der Waals surface area contributed by atoms with Gasteiger partial charge in [0.2, 0.25) is 0 Å². The van der Waals surface area contributed by atoms with Gasteiger partial charge in [-0.05, 0) is 63.5 Å². The number of methoxy groups -OCH3 is 1. The van der Waals surface area contributed by atoms with Gasteiger partial charge in [-0.1, -0.05) is 18.6 Å². The van der Waals surface area contributed by atoms with Gasteiger partial charge in [-0.15, -0.1) is 0 Å². The molecule has 1 aromatic carbocycles. The van der Waals surface area contributed by atoms with E-state index in [1.807, 2.05) is 38.1 Å². The van der Waals surface area contributed by atoms with E-state index in [9.17, 15) is 9.90 Å². The van der Waals surface area contributed by atoms with Gasteiger partial charge >= 0.3 is 0 Å². The van der Waals surface area contributed by atoms with Crippen molar-refractivity contribution < 1.29 is 9.84 Å². The van der Waals surface area contributed by atoms with Crippen LogP contribution in [0.25, 0.3) is 0 Å². The van der Waals surface area contributed by atoms with Crippen LogP contribution in [-0.2, 0) is 6.54 Å². The van der Waals surface area contributed by atoms with E-state index >= 15 is 0 Å². The molecule has 140 valence electrons. The first-order chi connectivity index (χ1) is 12.6. The maximum Gasteiger partial charge on any atom is 0.259 e. The topological polar surface area (TPSA) is 54.7 Å². The van der Waals surface area contributed by atoms with E-state index in [2.05, 4.69) is 4.90 Å². The van der Waals surface area contributed by atoms with Crippen molar-refractivity contribution in [1.82, 2.24) is 9.47 Å². The van der Waals surface area contributed by atoms with Crippen LogP contribution in [0.5, 0.6) is 11.5 Å². The Labute approximate surface area is 154 Å². The number of rotatable bonds is 5. The van der Waals surface area contributed by atoms with Gasteiger partial charge in [0.15, 0.2) is 0 Å². The molecular formula is C21H28N2O3. The van der Waals surface area contributed by atoms with Gasteiger partial charge in [0.05, 0.1) is 18.7 Å². The van der Waals surface area contributed by atoms with Crippen molar-refractivity contribution in [3.63, 3.8) is 0 Å². The number of ether oxygens (including phenoxy) is 1. The van der Waals surface area contributed by atoms with Gasteiger partial charge in [0.1, 0.15) is 11.5 Å². The third-order valence-electron chi connectivity index (χ3n) is 5.30. The zero-order valence-electron chi connectivity index (χ0n) is 15.9. The van der Waals surface area contributed by atoms with Crippen LogP contribution in [0.4, 0.5) is 0 Å². The lowest BCUT2D eigenvalue weighted by Gasteiger charge is -2.35. The summed E-state index contributed by atoms with van der Waals surface area (Å²) in [5.41, 5.74) is 2.17. The van der Waals surface area contributed by atoms with Gasteiger partial charge in [-0.3, -0.25) is 9.69 Å². The highest BCUT2D eigenvalue weighted by atomic mass is 16.5. The smallest absolute Gasteiger partial charge is 0.259 e. The number of hydrogen-bond acceptors (Lipinski definition) is 4. The molecule has 2 heterocycles. The molecule has 26 heavy (non-hydrogen) atoms. The highest BCUT2D eigenvalue weighted by Crippen LogP contribution is 2.34. The second kappa shape index (κ2) is 7.96. The predicted octanol–water partition coefficient (Wildman–Crippen LogP) is 3.47. The Morgan fingerprint density at radius 2 is 1.81 bits per heavy atom. The molecule has 1 atom stereocenters. The van der Waals surface area contributed by atoms with Crippen molar-refractivity contribution in [2.45, 2.75) is 45.7 Å². The Morgan fingerprint density at radius 1 is 1.15 bits per heavy atom. The summed E-state index contributed by atoms with van der Waals surface area (Å²) in [7, 11) is 1.64. The third kappa shape index (κ3) is 3.49. The molecule has 3 rings (SSSR count). The highest BCUT2D eigenvalue weighted by molar-refractivity contribution is 5.42. The fraction of sp³-hybridized carbons (Fsp3) is 0.476. The maximum absolute atomic E-state index is 13.2. The van der Waals surface area contributed by atoms with Crippen molar-refractivity contribution >= 4 is 0 Å². The van der Waals surface area contributed by atoms with Gasteiger partial charge < -0.3 is 14.4 Å². The minimum absolute atomic E-state index is 0.0867. The second-order valence-electron chi connectivity index (χ2n) is 6.91. The molecule has 2 aromatic rings. The minimum atomic E-state index is -0.243. The lowest BCUT2D eigenvalue weighted by molar-refractivity contribution is 0.183.